The highest BCUT2D eigenvalue weighted by atomic mass is 16.4. The lowest BCUT2D eigenvalue weighted by Gasteiger charge is -2.38. The minimum atomic E-state index is -0.828. The number of hydrogen-bond acceptors (Lipinski definition) is 2. The van der Waals surface area contributed by atoms with Gasteiger partial charge in [0.05, 0.1) is 17.9 Å². The van der Waals surface area contributed by atoms with E-state index < -0.39 is 11.9 Å². The zero-order valence-corrected chi connectivity index (χ0v) is 13.9. The Morgan fingerprint density at radius 1 is 1.00 bits per heavy atom. The van der Waals surface area contributed by atoms with Crippen LogP contribution < -0.4 is 0 Å². The van der Waals surface area contributed by atoms with Crippen molar-refractivity contribution in [3.05, 3.63) is 42.0 Å². The van der Waals surface area contributed by atoms with Crippen LogP contribution in [-0.2, 0) is 9.59 Å². The molecule has 4 nitrogen and oxygen atoms in total. The van der Waals surface area contributed by atoms with E-state index in [0.29, 0.717) is 12.8 Å². The van der Waals surface area contributed by atoms with E-state index in [1.165, 1.54) is 0 Å². The minimum Gasteiger partial charge on any atom is -0.481 e. The van der Waals surface area contributed by atoms with Crippen molar-refractivity contribution in [1.82, 2.24) is 4.90 Å². The van der Waals surface area contributed by atoms with Gasteiger partial charge in [-0.3, -0.25) is 9.59 Å². The van der Waals surface area contributed by atoms with Crippen LogP contribution in [0.3, 0.4) is 0 Å². The molecule has 2 fully saturated rings. The Kier molecular flexibility index (Phi) is 5.34. The van der Waals surface area contributed by atoms with Crippen LogP contribution in [0.4, 0.5) is 0 Å². The van der Waals surface area contributed by atoms with Gasteiger partial charge in [-0.1, -0.05) is 55.3 Å². The molecule has 1 aliphatic heterocycles. The van der Waals surface area contributed by atoms with Crippen LogP contribution in [0.15, 0.2) is 36.4 Å². The Morgan fingerprint density at radius 2 is 1.75 bits per heavy atom. The first kappa shape index (κ1) is 16.7. The molecule has 1 N–H and O–H groups in total. The van der Waals surface area contributed by atoms with Crippen molar-refractivity contribution in [2.75, 3.05) is 6.54 Å². The third kappa shape index (κ3) is 3.69. The summed E-state index contributed by atoms with van der Waals surface area (Å²) in [4.78, 5) is 26.1. The highest BCUT2D eigenvalue weighted by molar-refractivity contribution is 5.86. The van der Waals surface area contributed by atoms with Gasteiger partial charge in [0.1, 0.15) is 0 Å². The first-order valence-electron chi connectivity index (χ1n) is 8.93. The Morgan fingerprint density at radius 3 is 2.42 bits per heavy atom. The Hall–Kier alpha value is -2.10. The van der Waals surface area contributed by atoms with Gasteiger partial charge in [0.25, 0.3) is 0 Å². The number of carboxylic acid groups (broad SMARTS) is 1. The van der Waals surface area contributed by atoms with Gasteiger partial charge in [0, 0.05) is 6.54 Å². The number of likely N-dealkylation sites (tertiary alicyclic amines) is 1. The Labute approximate surface area is 143 Å². The number of nitrogens with zero attached hydrogens (tertiary/aromatic N) is 1. The summed E-state index contributed by atoms with van der Waals surface area (Å²) in [5.74, 6) is -1.60. The molecule has 128 valence electrons. The van der Waals surface area contributed by atoms with E-state index in [1.807, 2.05) is 35.2 Å². The first-order valence-corrected chi connectivity index (χ1v) is 8.93. The van der Waals surface area contributed by atoms with Gasteiger partial charge in [0.15, 0.2) is 0 Å². The third-order valence-electron chi connectivity index (χ3n) is 5.30. The van der Waals surface area contributed by atoms with E-state index >= 15 is 0 Å². The van der Waals surface area contributed by atoms with Crippen molar-refractivity contribution in [3.8, 4) is 0 Å². The summed E-state index contributed by atoms with van der Waals surface area (Å²) >= 11 is 0. The predicted molar refractivity (Wildman–Crippen MR) is 93.3 cm³/mol. The fourth-order valence-electron chi connectivity index (χ4n) is 3.70. The van der Waals surface area contributed by atoms with Gasteiger partial charge in [0.2, 0.25) is 5.91 Å². The Balaban J connectivity index is 1.74. The number of amides is 1. The van der Waals surface area contributed by atoms with Crippen molar-refractivity contribution in [2.24, 2.45) is 11.8 Å². The molecule has 1 saturated heterocycles. The predicted octanol–water partition coefficient (Wildman–Crippen LogP) is 3.58. The molecule has 0 spiro atoms. The number of rotatable bonds is 4. The second-order valence-electron chi connectivity index (χ2n) is 6.85. The molecule has 1 amide bonds. The van der Waals surface area contributed by atoms with Gasteiger partial charge in [-0.25, -0.2) is 0 Å². The topological polar surface area (TPSA) is 57.6 Å². The monoisotopic (exact) mass is 327 g/mol. The standard InChI is InChI=1S/C20H25NO3/c22-19(17-12-13-18(17)20(23)24)21-14-6-2-5-9-16(21)11-10-15-7-3-1-4-8-15/h1,3-4,7-8,10-11,16-18H,2,5-6,9,12-14H2,(H,23,24)/b11-10+. The molecule has 0 radical (unpaired) electrons. The van der Waals surface area contributed by atoms with Crippen LogP contribution in [-0.4, -0.2) is 34.5 Å². The maximum Gasteiger partial charge on any atom is 0.307 e. The highest BCUT2D eigenvalue weighted by Gasteiger charge is 2.44. The molecule has 1 aromatic rings. The molecule has 24 heavy (non-hydrogen) atoms. The van der Waals surface area contributed by atoms with E-state index in [0.717, 1.165) is 37.8 Å². The van der Waals surface area contributed by atoms with Gasteiger partial charge in [-0.05, 0) is 31.2 Å². The van der Waals surface area contributed by atoms with Crippen molar-refractivity contribution >= 4 is 18.0 Å². The molecule has 4 heteroatoms. The van der Waals surface area contributed by atoms with E-state index in [9.17, 15) is 14.7 Å². The molecule has 1 heterocycles. The molecule has 0 bridgehead atoms. The molecule has 0 aromatic heterocycles. The van der Waals surface area contributed by atoms with Crippen LogP contribution in [0.5, 0.6) is 0 Å². The average Bonchev–Trinajstić information content (AvgIpc) is 2.77. The second kappa shape index (κ2) is 7.65. The zero-order valence-electron chi connectivity index (χ0n) is 13.9. The molecule has 1 saturated carbocycles. The molecular weight excluding hydrogens is 302 g/mol. The first-order chi connectivity index (χ1) is 11.7. The normalized spacial score (nSPS) is 27.5. The number of carbonyl (C=O) groups is 2. The maximum atomic E-state index is 12.9. The molecule has 3 rings (SSSR count). The summed E-state index contributed by atoms with van der Waals surface area (Å²) in [5.41, 5.74) is 1.13. The van der Waals surface area contributed by atoms with Crippen LogP contribution in [0.1, 0.15) is 44.1 Å². The zero-order chi connectivity index (χ0) is 16.9. The van der Waals surface area contributed by atoms with Gasteiger partial charge in [-0.2, -0.15) is 0 Å². The smallest absolute Gasteiger partial charge is 0.307 e. The minimum absolute atomic E-state index is 0.0401. The summed E-state index contributed by atoms with van der Waals surface area (Å²) in [6.45, 7) is 0.742. The van der Waals surface area contributed by atoms with Gasteiger partial charge < -0.3 is 10.0 Å². The summed E-state index contributed by atoms with van der Waals surface area (Å²) in [5, 5.41) is 9.24. The van der Waals surface area contributed by atoms with E-state index in [2.05, 4.69) is 12.2 Å². The summed E-state index contributed by atoms with van der Waals surface area (Å²) in [7, 11) is 0. The third-order valence-corrected chi connectivity index (χ3v) is 5.30. The van der Waals surface area contributed by atoms with Crippen molar-refractivity contribution in [2.45, 2.75) is 44.6 Å². The largest absolute Gasteiger partial charge is 0.481 e. The number of benzene rings is 1. The molecule has 1 aromatic carbocycles. The second-order valence-corrected chi connectivity index (χ2v) is 6.85. The van der Waals surface area contributed by atoms with Crippen molar-refractivity contribution in [1.29, 1.82) is 0 Å². The number of hydrogen-bond donors (Lipinski definition) is 1. The summed E-state index contributed by atoms with van der Waals surface area (Å²) in [6, 6.07) is 10.2. The van der Waals surface area contributed by atoms with Crippen molar-refractivity contribution in [3.63, 3.8) is 0 Å². The highest BCUT2D eigenvalue weighted by Crippen LogP contribution is 2.37. The molecular formula is C20H25NO3. The fraction of sp³-hybridized carbons (Fsp3) is 0.500. The van der Waals surface area contributed by atoms with E-state index in [-0.39, 0.29) is 17.9 Å². The molecule has 3 unspecified atom stereocenters. The number of carboxylic acids is 1. The average molecular weight is 327 g/mol. The molecule has 3 atom stereocenters. The van der Waals surface area contributed by atoms with Gasteiger partial charge in [-0.15, -0.1) is 0 Å². The van der Waals surface area contributed by atoms with Crippen LogP contribution in [0.25, 0.3) is 6.08 Å². The number of aliphatic carboxylic acids is 1. The van der Waals surface area contributed by atoms with Crippen LogP contribution in [0, 0.1) is 11.8 Å². The molecule has 1 aliphatic carbocycles. The van der Waals surface area contributed by atoms with E-state index in [1.54, 1.807) is 0 Å². The summed E-state index contributed by atoms with van der Waals surface area (Å²) < 4.78 is 0. The van der Waals surface area contributed by atoms with Crippen molar-refractivity contribution < 1.29 is 14.7 Å². The lowest BCUT2D eigenvalue weighted by molar-refractivity contribution is -0.157. The number of carbonyl (C=O) groups excluding carboxylic acids is 1. The lowest BCUT2D eigenvalue weighted by atomic mass is 9.72. The fourth-order valence-corrected chi connectivity index (χ4v) is 3.70. The van der Waals surface area contributed by atoms with E-state index in [4.69, 9.17) is 0 Å². The Bertz CT molecular complexity index is 611. The van der Waals surface area contributed by atoms with Crippen LogP contribution >= 0.6 is 0 Å². The maximum absolute atomic E-state index is 12.9. The lowest BCUT2D eigenvalue weighted by Crippen LogP contribution is -2.49. The quantitative estimate of drug-likeness (QED) is 0.919. The molecule has 2 aliphatic rings. The van der Waals surface area contributed by atoms with Gasteiger partial charge >= 0.3 is 5.97 Å². The SMILES string of the molecule is O=C(O)C1CCC1C(=O)N1CCCCCC1/C=C/c1ccccc1. The summed E-state index contributed by atoms with van der Waals surface area (Å²) in [6.07, 6.45) is 9.74. The van der Waals surface area contributed by atoms with Crippen LogP contribution in [0.2, 0.25) is 0 Å².